The maximum Gasteiger partial charge on any atom is 0.339 e. The Kier molecular flexibility index (Phi) is 7.71. The molecule has 2 amide bonds. The monoisotopic (exact) mass is 392 g/mol. The Morgan fingerprint density at radius 1 is 1.15 bits per heavy atom. The summed E-state index contributed by atoms with van der Waals surface area (Å²) >= 11 is 1.29. The highest BCUT2D eigenvalue weighted by molar-refractivity contribution is 8.00. The Bertz CT molecular complexity index is 682. The largest absolute Gasteiger partial charge is 0.452 e. The molecule has 0 saturated carbocycles. The second-order valence-corrected chi connectivity index (χ2v) is 8.10. The quantitative estimate of drug-likeness (QED) is 0.550. The fraction of sp³-hybridized carbons (Fsp3) is 0.550. The highest BCUT2D eigenvalue weighted by Gasteiger charge is 2.29. The number of amides is 2. The topological polar surface area (TPSA) is 66.9 Å². The average molecular weight is 393 g/mol. The van der Waals surface area contributed by atoms with Crippen LogP contribution in [0.3, 0.4) is 0 Å². The molecule has 1 heterocycles. The predicted octanol–water partition coefficient (Wildman–Crippen LogP) is 2.81. The summed E-state index contributed by atoms with van der Waals surface area (Å²) in [6, 6.07) is 7.31. The second kappa shape index (κ2) is 9.78. The lowest BCUT2D eigenvalue weighted by Gasteiger charge is -2.38. The van der Waals surface area contributed by atoms with Gasteiger partial charge in [0.25, 0.3) is 5.91 Å². The molecule has 2 atom stereocenters. The van der Waals surface area contributed by atoms with Crippen molar-refractivity contribution < 1.29 is 19.1 Å². The van der Waals surface area contributed by atoms with Gasteiger partial charge in [0.05, 0.1) is 11.3 Å². The van der Waals surface area contributed by atoms with Crippen LogP contribution in [0.1, 0.15) is 43.5 Å². The van der Waals surface area contributed by atoms with Crippen molar-refractivity contribution in [1.29, 1.82) is 0 Å². The maximum atomic E-state index is 12.5. The first-order valence-electron chi connectivity index (χ1n) is 9.21. The summed E-state index contributed by atoms with van der Waals surface area (Å²) in [5.74, 6) is -0.498. The molecule has 0 radical (unpaired) electrons. The number of benzene rings is 1. The van der Waals surface area contributed by atoms with Crippen LogP contribution in [0.5, 0.6) is 0 Å². The Morgan fingerprint density at radius 3 is 2.41 bits per heavy atom. The van der Waals surface area contributed by atoms with E-state index in [0.717, 1.165) is 19.3 Å². The number of thioether (sulfide) groups is 1. The molecule has 2 rings (SSSR count). The van der Waals surface area contributed by atoms with Crippen LogP contribution in [0.2, 0.25) is 0 Å². The number of carbonyl (C=O) groups excluding carboxylic acids is 3. The Labute approximate surface area is 165 Å². The number of hydrogen-bond acceptors (Lipinski definition) is 5. The van der Waals surface area contributed by atoms with Gasteiger partial charge in [0.15, 0.2) is 6.61 Å². The van der Waals surface area contributed by atoms with Crippen molar-refractivity contribution in [3.05, 3.63) is 29.8 Å². The van der Waals surface area contributed by atoms with Crippen LogP contribution in [0, 0.1) is 0 Å². The summed E-state index contributed by atoms with van der Waals surface area (Å²) in [5.41, 5.74) is 0.376. The summed E-state index contributed by atoms with van der Waals surface area (Å²) in [6.07, 6.45) is 3.06. The number of nitrogens with zero attached hydrogens (tertiary/aromatic N) is 2. The minimum Gasteiger partial charge on any atom is -0.452 e. The molecule has 0 bridgehead atoms. The number of piperidine rings is 1. The highest BCUT2D eigenvalue weighted by atomic mass is 32.2. The fourth-order valence-electron chi connectivity index (χ4n) is 3.22. The summed E-state index contributed by atoms with van der Waals surface area (Å²) in [6.45, 7) is 3.80. The normalized spacial score (nSPS) is 19.5. The zero-order valence-corrected chi connectivity index (χ0v) is 17.3. The highest BCUT2D eigenvalue weighted by Crippen LogP contribution is 2.25. The number of hydrogen-bond donors (Lipinski definition) is 0. The van der Waals surface area contributed by atoms with Crippen molar-refractivity contribution in [3.63, 3.8) is 0 Å². The van der Waals surface area contributed by atoms with Crippen molar-refractivity contribution >= 4 is 29.5 Å². The molecule has 6 nitrogen and oxygen atoms in total. The standard InChI is InChI=1S/C20H28N2O4S/c1-14-8-7-9-15(2)22(14)18(23)12-26-20(25)16-10-5-6-11-17(16)27-13-19(24)21(3)4/h5-6,10-11,14-15H,7-9,12-13H2,1-4H3/t14-,15-/m1/s1. The first kappa shape index (κ1) is 21.3. The van der Waals surface area contributed by atoms with Crippen molar-refractivity contribution in [2.24, 2.45) is 0 Å². The SMILES string of the molecule is C[C@@H]1CCC[C@@H](C)N1C(=O)COC(=O)c1ccccc1SCC(=O)N(C)C. The van der Waals surface area contributed by atoms with Crippen LogP contribution in [-0.2, 0) is 14.3 Å². The molecule has 1 fully saturated rings. The molecule has 0 aliphatic carbocycles. The lowest BCUT2D eigenvalue weighted by molar-refractivity contribution is -0.140. The minimum absolute atomic E-state index is 0.0357. The van der Waals surface area contributed by atoms with Crippen molar-refractivity contribution in [2.45, 2.75) is 50.1 Å². The van der Waals surface area contributed by atoms with E-state index in [4.69, 9.17) is 4.74 Å². The van der Waals surface area contributed by atoms with E-state index in [0.29, 0.717) is 10.5 Å². The van der Waals surface area contributed by atoms with E-state index < -0.39 is 5.97 Å². The van der Waals surface area contributed by atoms with Gasteiger partial charge in [0.1, 0.15) is 0 Å². The molecule has 1 aromatic rings. The van der Waals surface area contributed by atoms with Gasteiger partial charge in [-0.05, 0) is 45.2 Å². The van der Waals surface area contributed by atoms with E-state index in [2.05, 4.69) is 0 Å². The van der Waals surface area contributed by atoms with Crippen LogP contribution in [0.25, 0.3) is 0 Å². The van der Waals surface area contributed by atoms with Crippen molar-refractivity contribution in [1.82, 2.24) is 9.80 Å². The molecule has 1 aliphatic rings. The summed E-state index contributed by atoms with van der Waals surface area (Å²) in [4.78, 5) is 40.8. The van der Waals surface area contributed by atoms with E-state index in [1.54, 1.807) is 32.3 Å². The lowest BCUT2D eigenvalue weighted by atomic mass is 9.97. The van der Waals surface area contributed by atoms with Gasteiger partial charge in [-0.2, -0.15) is 0 Å². The van der Waals surface area contributed by atoms with Crippen LogP contribution >= 0.6 is 11.8 Å². The first-order valence-corrected chi connectivity index (χ1v) is 10.2. The van der Waals surface area contributed by atoms with Gasteiger partial charge in [0, 0.05) is 31.1 Å². The van der Waals surface area contributed by atoms with E-state index in [1.807, 2.05) is 24.8 Å². The van der Waals surface area contributed by atoms with Gasteiger partial charge in [-0.15, -0.1) is 11.8 Å². The van der Waals surface area contributed by atoms with Crippen LogP contribution < -0.4 is 0 Å². The second-order valence-electron chi connectivity index (χ2n) is 7.08. The molecule has 0 aromatic heterocycles. The number of ether oxygens (including phenoxy) is 1. The van der Waals surface area contributed by atoms with Gasteiger partial charge in [-0.25, -0.2) is 4.79 Å². The van der Waals surface area contributed by atoms with E-state index in [1.165, 1.54) is 16.7 Å². The van der Waals surface area contributed by atoms with Gasteiger partial charge in [0.2, 0.25) is 5.91 Å². The van der Waals surface area contributed by atoms with Crippen LogP contribution in [0.4, 0.5) is 0 Å². The zero-order valence-electron chi connectivity index (χ0n) is 16.4. The lowest BCUT2D eigenvalue weighted by Crippen LogP contribution is -2.49. The Hall–Kier alpha value is -2.02. The molecule has 0 N–H and O–H groups in total. The molecular weight excluding hydrogens is 364 g/mol. The Morgan fingerprint density at radius 2 is 1.78 bits per heavy atom. The van der Waals surface area contributed by atoms with Gasteiger partial charge in [-0.1, -0.05) is 12.1 Å². The number of carbonyl (C=O) groups is 3. The molecule has 27 heavy (non-hydrogen) atoms. The summed E-state index contributed by atoms with van der Waals surface area (Å²) in [7, 11) is 3.38. The molecule has 148 valence electrons. The van der Waals surface area contributed by atoms with Crippen molar-refractivity contribution in [3.8, 4) is 0 Å². The summed E-state index contributed by atoms with van der Waals surface area (Å²) < 4.78 is 5.30. The summed E-state index contributed by atoms with van der Waals surface area (Å²) in [5, 5.41) is 0. The minimum atomic E-state index is -0.541. The van der Waals surface area contributed by atoms with Gasteiger partial charge in [-0.3, -0.25) is 9.59 Å². The maximum absolute atomic E-state index is 12.5. The molecule has 0 unspecified atom stereocenters. The molecule has 1 aliphatic heterocycles. The third-order valence-corrected chi connectivity index (χ3v) is 5.82. The van der Waals surface area contributed by atoms with E-state index >= 15 is 0 Å². The Balaban J connectivity index is 1.97. The molecule has 7 heteroatoms. The molecule has 0 spiro atoms. The van der Waals surface area contributed by atoms with E-state index in [-0.39, 0.29) is 36.3 Å². The third-order valence-electron chi connectivity index (χ3n) is 4.77. The van der Waals surface area contributed by atoms with Crippen molar-refractivity contribution in [2.75, 3.05) is 26.5 Å². The fourth-order valence-corrected chi connectivity index (χ4v) is 4.24. The molecule has 1 aromatic carbocycles. The van der Waals surface area contributed by atoms with E-state index in [9.17, 15) is 14.4 Å². The third kappa shape index (κ3) is 5.73. The number of rotatable bonds is 6. The average Bonchev–Trinajstić information content (AvgIpc) is 2.64. The molecular formula is C20H28N2O4S. The first-order chi connectivity index (χ1) is 12.8. The predicted molar refractivity (Wildman–Crippen MR) is 106 cm³/mol. The van der Waals surface area contributed by atoms with Gasteiger partial charge < -0.3 is 14.5 Å². The smallest absolute Gasteiger partial charge is 0.339 e. The zero-order chi connectivity index (χ0) is 20.0. The molecule has 1 saturated heterocycles. The van der Waals surface area contributed by atoms with Gasteiger partial charge >= 0.3 is 5.97 Å². The number of esters is 1. The van der Waals surface area contributed by atoms with Crippen LogP contribution in [-0.4, -0.2) is 66.1 Å². The van der Waals surface area contributed by atoms with Crippen LogP contribution in [0.15, 0.2) is 29.2 Å². The number of likely N-dealkylation sites (tertiary alicyclic amines) is 1.